The number of hydrogen-bond donors (Lipinski definition) is 3. The Morgan fingerprint density at radius 1 is 1.15 bits per heavy atom. The Hall–Kier alpha value is -2.40. The maximum atomic E-state index is 11.8. The zero-order valence-electron chi connectivity index (χ0n) is 10.7. The fraction of sp³-hybridized carbons (Fsp3) is 0.0714. The van der Waals surface area contributed by atoms with Crippen molar-refractivity contribution in [3.8, 4) is 11.5 Å². The molecule has 0 heterocycles. The van der Waals surface area contributed by atoms with Gasteiger partial charge in [-0.25, -0.2) is 4.79 Å². The van der Waals surface area contributed by atoms with Gasteiger partial charge in [0.25, 0.3) is 0 Å². The lowest BCUT2D eigenvalue weighted by Gasteiger charge is -2.10. The second-order valence-corrected chi connectivity index (χ2v) is 4.41. The molecule has 104 valence electrons. The lowest BCUT2D eigenvalue weighted by atomic mass is 10.2. The minimum absolute atomic E-state index is 0.0735. The molecule has 6 heteroatoms. The Morgan fingerprint density at radius 2 is 1.85 bits per heavy atom. The van der Waals surface area contributed by atoms with Gasteiger partial charge in [-0.15, -0.1) is 0 Å². The van der Waals surface area contributed by atoms with Crippen molar-refractivity contribution in [2.45, 2.75) is 0 Å². The number of carbonyl (C=O) groups is 1. The van der Waals surface area contributed by atoms with Crippen molar-refractivity contribution in [2.75, 3.05) is 17.7 Å². The molecule has 2 aromatic carbocycles. The molecule has 0 unspecified atom stereocenters. The van der Waals surface area contributed by atoms with E-state index in [1.807, 2.05) is 0 Å². The molecule has 0 atom stereocenters. The van der Waals surface area contributed by atoms with E-state index in [2.05, 4.69) is 10.6 Å². The standard InChI is InChI=1S/C14H13ClN2O3/c1-20-11-6-7-12(13(18)8-11)17-14(19)16-10-4-2-9(15)3-5-10/h2-8,18H,1H3,(H2,16,17,19). The van der Waals surface area contributed by atoms with Crippen LogP contribution in [0.15, 0.2) is 42.5 Å². The maximum absolute atomic E-state index is 11.8. The third-order valence-electron chi connectivity index (χ3n) is 2.56. The number of amides is 2. The molecule has 2 aromatic rings. The van der Waals surface area contributed by atoms with Crippen LogP contribution in [0, 0.1) is 0 Å². The molecule has 0 aliphatic heterocycles. The molecule has 5 nitrogen and oxygen atoms in total. The number of phenolic OH excluding ortho intramolecular Hbond substituents is 1. The summed E-state index contributed by atoms with van der Waals surface area (Å²) < 4.78 is 4.96. The molecule has 0 bridgehead atoms. The average molecular weight is 293 g/mol. The number of urea groups is 1. The number of ether oxygens (including phenoxy) is 1. The molecule has 0 aromatic heterocycles. The van der Waals surface area contributed by atoms with Crippen LogP contribution in [0.3, 0.4) is 0 Å². The summed E-state index contributed by atoms with van der Waals surface area (Å²) in [5, 5.41) is 15.5. The Bertz CT molecular complexity index is 614. The van der Waals surface area contributed by atoms with Crippen molar-refractivity contribution >= 4 is 29.0 Å². The third kappa shape index (κ3) is 3.55. The van der Waals surface area contributed by atoms with Crippen LogP contribution in [0.1, 0.15) is 0 Å². The van der Waals surface area contributed by atoms with E-state index in [0.717, 1.165) is 0 Å². The maximum Gasteiger partial charge on any atom is 0.323 e. The predicted molar refractivity (Wildman–Crippen MR) is 78.8 cm³/mol. The van der Waals surface area contributed by atoms with E-state index in [1.165, 1.54) is 13.2 Å². The Kier molecular flexibility index (Phi) is 4.32. The van der Waals surface area contributed by atoms with Gasteiger partial charge in [0.1, 0.15) is 11.5 Å². The summed E-state index contributed by atoms with van der Waals surface area (Å²) >= 11 is 5.75. The summed E-state index contributed by atoms with van der Waals surface area (Å²) in [5.41, 5.74) is 0.886. The van der Waals surface area contributed by atoms with Gasteiger partial charge >= 0.3 is 6.03 Å². The smallest absolute Gasteiger partial charge is 0.323 e. The van der Waals surface area contributed by atoms with Gasteiger partial charge in [0.05, 0.1) is 12.8 Å². The number of rotatable bonds is 3. The molecule has 0 saturated carbocycles. The normalized spacial score (nSPS) is 9.90. The first-order valence-corrected chi connectivity index (χ1v) is 6.17. The van der Waals surface area contributed by atoms with Gasteiger partial charge in [-0.05, 0) is 36.4 Å². The number of methoxy groups -OCH3 is 1. The SMILES string of the molecule is COc1ccc(NC(=O)Nc2ccc(Cl)cc2)c(O)c1. The molecule has 0 saturated heterocycles. The fourth-order valence-corrected chi connectivity index (χ4v) is 1.69. The highest BCUT2D eigenvalue weighted by Gasteiger charge is 2.07. The molecule has 3 N–H and O–H groups in total. The van der Waals surface area contributed by atoms with E-state index in [1.54, 1.807) is 36.4 Å². The van der Waals surface area contributed by atoms with Crippen molar-refractivity contribution in [1.82, 2.24) is 0 Å². The number of halogens is 1. The summed E-state index contributed by atoms with van der Waals surface area (Å²) in [7, 11) is 1.50. The highest BCUT2D eigenvalue weighted by Crippen LogP contribution is 2.27. The Balaban J connectivity index is 2.02. The van der Waals surface area contributed by atoms with E-state index >= 15 is 0 Å². The molecule has 0 fully saturated rings. The largest absolute Gasteiger partial charge is 0.506 e. The average Bonchev–Trinajstić information content (AvgIpc) is 2.43. The first kappa shape index (κ1) is 14.0. The topological polar surface area (TPSA) is 70.6 Å². The fourth-order valence-electron chi connectivity index (χ4n) is 1.56. The number of benzene rings is 2. The van der Waals surface area contributed by atoms with E-state index < -0.39 is 6.03 Å². The van der Waals surface area contributed by atoms with E-state index in [9.17, 15) is 9.90 Å². The first-order valence-electron chi connectivity index (χ1n) is 5.79. The highest BCUT2D eigenvalue weighted by atomic mass is 35.5. The third-order valence-corrected chi connectivity index (χ3v) is 2.81. The van der Waals surface area contributed by atoms with Crippen LogP contribution in [-0.4, -0.2) is 18.2 Å². The van der Waals surface area contributed by atoms with E-state index in [0.29, 0.717) is 16.5 Å². The number of hydrogen-bond acceptors (Lipinski definition) is 3. The molecule has 2 rings (SSSR count). The van der Waals surface area contributed by atoms with Crippen LogP contribution in [0.5, 0.6) is 11.5 Å². The van der Waals surface area contributed by atoms with Crippen LogP contribution < -0.4 is 15.4 Å². The summed E-state index contributed by atoms with van der Waals surface area (Å²) in [6.45, 7) is 0. The predicted octanol–water partition coefficient (Wildman–Crippen LogP) is 3.70. The summed E-state index contributed by atoms with van der Waals surface area (Å²) in [5.74, 6) is 0.432. The van der Waals surface area contributed by atoms with Crippen molar-refractivity contribution in [1.29, 1.82) is 0 Å². The minimum atomic E-state index is -0.465. The number of carbonyl (C=O) groups excluding carboxylic acids is 1. The number of anilines is 2. The number of aromatic hydroxyl groups is 1. The van der Waals surface area contributed by atoms with Gasteiger partial charge in [0, 0.05) is 16.8 Å². The van der Waals surface area contributed by atoms with Crippen molar-refractivity contribution < 1.29 is 14.6 Å². The zero-order chi connectivity index (χ0) is 14.5. The molecule has 0 aliphatic rings. The zero-order valence-corrected chi connectivity index (χ0v) is 11.4. The van der Waals surface area contributed by atoms with Crippen LogP contribution in [-0.2, 0) is 0 Å². The minimum Gasteiger partial charge on any atom is -0.506 e. The van der Waals surface area contributed by atoms with Crippen LogP contribution >= 0.6 is 11.6 Å². The Labute approximate surface area is 121 Å². The van der Waals surface area contributed by atoms with Gasteiger partial charge in [0.2, 0.25) is 0 Å². The quantitative estimate of drug-likeness (QED) is 0.755. The molecule has 2 amide bonds. The van der Waals surface area contributed by atoms with Crippen LogP contribution in [0.2, 0.25) is 5.02 Å². The van der Waals surface area contributed by atoms with Gasteiger partial charge in [-0.2, -0.15) is 0 Å². The number of nitrogens with one attached hydrogen (secondary N) is 2. The summed E-state index contributed by atoms with van der Waals surface area (Å²) in [6, 6.07) is 10.8. The first-order chi connectivity index (χ1) is 9.58. The van der Waals surface area contributed by atoms with E-state index in [-0.39, 0.29) is 11.4 Å². The molecule has 0 radical (unpaired) electrons. The lowest BCUT2D eigenvalue weighted by Crippen LogP contribution is -2.19. The molecule has 0 aliphatic carbocycles. The molecular weight excluding hydrogens is 280 g/mol. The highest BCUT2D eigenvalue weighted by molar-refractivity contribution is 6.30. The summed E-state index contributed by atoms with van der Waals surface area (Å²) in [4.78, 5) is 11.8. The molecular formula is C14H13ClN2O3. The Morgan fingerprint density at radius 3 is 2.45 bits per heavy atom. The summed E-state index contributed by atoms with van der Waals surface area (Å²) in [6.07, 6.45) is 0. The second-order valence-electron chi connectivity index (χ2n) is 3.97. The lowest BCUT2D eigenvalue weighted by molar-refractivity contribution is 0.262. The van der Waals surface area contributed by atoms with Crippen LogP contribution in [0.25, 0.3) is 0 Å². The van der Waals surface area contributed by atoms with Gasteiger partial charge < -0.3 is 20.5 Å². The monoisotopic (exact) mass is 292 g/mol. The second kappa shape index (κ2) is 6.16. The van der Waals surface area contributed by atoms with Crippen molar-refractivity contribution in [3.63, 3.8) is 0 Å². The van der Waals surface area contributed by atoms with Gasteiger partial charge in [-0.3, -0.25) is 0 Å². The van der Waals surface area contributed by atoms with Crippen LogP contribution in [0.4, 0.5) is 16.2 Å². The van der Waals surface area contributed by atoms with E-state index in [4.69, 9.17) is 16.3 Å². The van der Waals surface area contributed by atoms with Gasteiger partial charge in [-0.1, -0.05) is 11.6 Å². The van der Waals surface area contributed by atoms with Crippen molar-refractivity contribution in [2.24, 2.45) is 0 Å². The number of phenols is 1. The molecule has 0 spiro atoms. The van der Waals surface area contributed by atoms with Gasteiger partial charge in [0.15, 0.2) is 0 Å². The van der Waals surface area contributed by atoms with Crippen molar-refractivity contribution in [3.05, 3.63) is 47.5 Å². The molecule has 20 heavy (non-hydrogen) atoms.